The standard InChI is InChI=1S/C38H35O3P/c1-24-20-26(3)34(27(4)21-24)37(39)32-18-13-19-33(36(32)38(40)35-28(5)22-25(2)23-29(35)6)42(41,30-14-9-7-10-15-30)31-16-11-8-12-17-31/h7-23H,1-6H3. The normalized spacial score (nSPS) is 11.4. The van der Waals surface area contributed by atoms with Crippen LogP contribution in [0.4, 0.5) is 0 Å². The Bertz CT molecular complexity index is 1800. The lowest BCUT2D eigenvalue weighted by Crippen LogP contribution is -2.31. The van der Waals surface area contributed by atoms with Crippen molar-refractivity contribution in [2.24, 2.45) is 0 Å². The molecule has 0 amide bonds. The van der Waals surface area contributed by atoms with Crippen LogP contribution in [0.3, 0.4) is 0 Å². The van der Waals surface area contributed by atoms with Crippen molar-refractivity contribution in [1.29, 1.82) is 0 Å². The quantitative estimate of drug-likeness (QED) is 0.149. The Morgan fingerprint density at radius 3 is 1.31 bits per heavy atom. The molecule has 0 spiro atoms. The number of aryl methyl sites for hydroxylation is 6. The maximum Gasteiger partial charge on any atom is 0.195 e. The van der Waals surface area contributed by atoms with Gasteiger partial charge in [-0.1, -0.05) is 114 Å². The van der Waals surface area contributed by atoms with Crippen LogP contribution < -0.4 is 15.9 Å². The van der Waals surface area contributed by atoms with Crippen LogP contribution in [-0.4, -0.2) is 11.6 Å². The molecule has 0 saturated carbocycles. The third-order valence-corrected chi connectivity index (χ3v) is 11.0. The fourth-order valence-electron chi connectivity index (χ4n) is 6.27. The monoisotopic (exact) mass is 570 g/mol. The first-order valence-electron chi connectivity index (χ1n) is 14.1. The lowest BCUT2D eigenvalue weighted by Gasteiger charge is -2.25. The molecule has 42 heavy (non-hydrogen) atoms. The molecule has 5 aromatic rings. The van der Waals surface area contributed by atoms with Crippen LogP contribution in [0.2, 0.25) is 0 Å². The molecule has 0 aliphatic rings. The number of benzene rings is 5. The molecule has 0 aliphatic heterocycles. The van der Waals surface area contributed by atoms with E-state index < -0.39 is 7.14 Å². The summed E-state index contributed by atoms with van der Waals surface area (Å²) in [5, 5.41) is 1.59. The molecule has 5 rings (SSSR count). The third kappa shape index (κ3) is 5.10. The van der Waals surface area contributed by atoms with Crippen molar-refractivity contribution < 1.29 is 14.2 Å². The number of carbonyl (C=O) groups is 2. The maximum absolute atomic E-state index is 15.6. The van der Waals surface area contributed by atoms with Gasteiger partial charge in [0.1, 0.15) is 0 Å². The van der Waals surface area contributed by atoms with Crippen LogP contribution in [0.1, 0.15) is 65.2 Å². The van der Waals surface area contributed by atoms with Gasteiger partial charge >= 0.3 is 0 Å². The highest BCUT2D eigenvalue weighted by molar-refractivity contribution is 7.85. The second-order valence-electron chi connectivity index (χ2n) is 11.2. The van der Waals surface area contributed by atoms with E-state index in [9.17, 15) is 9.59 Å². The summed E-state index contributed by atoms with van der Waals surface area (Å²) in [5.74, 6) is -0.538. The number of rotatable bonds is 7. The van der Waals surface area contributed by atoms with Crippen LogP contribution in [-0.2, 0) is 4.57 Å². The van der Waals surface area contributed by atoms with E-state index in [0.717, 1.165) is 33.4 Å². The van der Waals surface area contributed by atoms with Gasteiger partial charge < -0.3 is 4.57 Å². The summed E-state index contributed by atoms with van der Waals surface area (Å²) in [6, 6.07) is 31.7. The van der Waals surface area contributed by atoms with Gasteiger partial charge in [-0.2, -0.15) is 0 Å². The minimum atomic E-state index is -3.59. The zero-order valence-corrected chi connectivity index (χ0v) is 25.9. The molecule has 0 heterocycles. The van der Waals surface area contributed by atoms with Crippen molar-refractivity contribution in [3.63, 3.8) is 0 Å². The van der Waals surface area contributed by atoms with Gasteiger partial charge in [0.2, 0.25) is 0 Å². The van der Waals surface area contributed by atoms with Gasteiger partial charge in [-0.3, -0.25) is 9.59 Å². The molecule has 0 aliphatic carbocycles. The molecular formula is C38H35O3P. The van der Waals surface area contributed by atoms with Crippen molar-refractivity contribution in [3.8, 4) is 0 Å². The second-order valence-corrected chi connectivity index (χ2v) is 13.9. The van der Waals surface area contributed by atoms with E-state index in [-0.39, 0.29) is 22.7 Å². The van der Waals surface area contributed by atoms with Crippen molar-refractivity contribution >= 4 is 34.6 Å². The summed E-state index contributed by atoms with van der Waals surface area (Å²) >= 11 is 0. The highest BCUT2D eigenvalue weighted by Gasteiger charge is 2.37. The van der Waals surface area contributed by atoms with Gasteiger partial charge in [0.15, 0.2) is 18.7 Å². The van der Waals surface area contributed by atoms with Crippen LogP contribution in [0.5, 0.6) is 0 Å². The molecule has 0 fully saturated rings. The Labute approximate surface area is 248 Å². The SMILES string of the molecule is Cc1cc(C)c(C(=O)c2cccc(P(=O)(c3ccccc3)c3ccccc3)c2C(=O)c2c(C)cc(C)cc2C)c(C)c1. The average Bonchev–Trinajstić information content (AvgIpc) is 2.96. The van der Waals surface area contributed by atoms with Crippen molar-refractivity contribution in [2.45, 2.75) is 41.5 Å². The predicted octanol–water partition coefficient (Wildman–Crippen LogP) is 7.64. The topological polar surface area (TPSA) is 51.2 Å². The van der Waals surface area contributed by atoms with Crippen molar-refractivity contribution in [2.75, 3.05) is 0 Å². The highest BCUT2D eigenvalue weighted by Crippen LogP contribution is 2.44. The fraction of sp³-hybridized carbons (Fsp3) is 0.158. The molecule has 0 atom stereocenters. The highest BCUT2D eigenvalue weighted by atomic mass is 31.2. The van der Waals surface area contributed by atoms with E-state index in [1.165, 1.54) is 0 Å². The number of carbonyl (C=O) groups excluding carboxylic acids is 2. The molecular weight excluding hydrogens is 535 g/mol. The Kier molecular flexibility index (Phi) is 7.99. The first-order chi connectivity index (χ1) is 20.0. The van der Waals surface area contributed by atoms with E-state index >= 15 is 4.57 Å². The summed E-state index contributed by atoms with van der Waals surface area (Å²) in [4.78, 5) is 29.3. The minimum Gasteiger partial charge on any atom is -0.309 e. The van der Waals surface area contributed by atoms with E-state index in [0.29, 0.717) is 27.0 Å². The minimum absolute atomic E-state index is 0.202. The number of hydrogen-bond acceptors (Lipinski definition) is 3. The fourth-order valence-corrected chi connectivity index (χ4v) is 9.14. The summed E-state index contributed by atoms with van der Waals surface area (Å²) in [5.41, 5.74) is 7.02. The van der Waals surface area contributed by atoms with E-state index in [2.05, 4.69) is 0 Å². The van der Waals surface area contributed by atoms with Crippen LogP contribution in [0.15, 0.2) is 103 Å². The van der Waals surface area contributed by atoms with Crippen molar-refractivity contribution in [3.05, 3.63) is 159 Å². The molecule has 210 valence electrons. The van der Waals surface area contributed by atoms with Crippen LogP contribution >= 0.6 is 7.14 Å². The molecule has 3 nitrogen and oxygen atoms in total. The number of ketones is 2. The first kappa shape index (κ1) is 29.2. The molecule has 0 aromatic heterocycles. The van der Waals surface area contributed by atoms with Crippen molar-refractivity contribution in [1.82, 2.24) is 0 Å². The summed E-state index contributed by atoms with van der Waals surface area (Å²) in [7, 11) is -3.59. The van der Waals surface area contributed by atoms with Gasteiger partial charge in [-0.25, -0.2) is 0 Å². The van der Waals surface area contributed by atoms with Gasteiger partial charge in [0.25, 0.3) is 0 Å². The molecule has 5 aromatic carbocycles. The van der Waals surface area contributed by atoms with E-state index in [4.69, 9.17) is 0 Å². The number of hydrogen-bond donors (Lipinski definition) is 0. The largest absolute Gasteiger partial charge is 0.309 e. The van der Waals surface area contributed by atoms with E-state index in [1.54, 1.807) is 18.2 Å². The molecule has 0 unspecified atom stereocenters. The Hall–Kier alpha value is -4.33. The third-order valence-electron chi connectivity index (χ3n) is 7.90. The Balaban J connectivity index is 1.90. The zero-order valence-electron chi connectivity index (χ0n) is 25.0. The lowest BCUT2D eigenvalue weighted by molar-refractivity contribution is 0.100. The average molecular weight is 571 g/mol. The van der Waals surface area contributed by atoms with Gasteiger partial charge in [-0.15, -0.1) is 0 Å². The van der Waals surface area contributed by atoms with Gasteiger partial charge in [0.05, 0.1) is 0 Å². The smallest absolute Gasteiger partial charge is 0.195 e. The Morgan fingerprint density at radius 2 is 0.881 bits per heavy atom. The molecule has 0 bridgehead atoms. The molecule has 4 heteroatoms. The lowest BCUT2D eigenvalue weighted by atomic mass is 9.87. The van der Waals surface area contributed by atoms with Crippen LogP contribution in [0.25, 0.3) is 0 Å². The first-order valence-corrected chi connectivity index (χ1v) is 15.8. The summed E-state index contributed by atoms with van der Waals surface area (Å²) in [6.07, 6.45) is 0. The zero-order chi connectivity index (χ0) is 30.2. The Morgan fingerprint density at radius 1 is 0.476 bits per heavy atom. The molecule has 0 saturated heterocycles. The predicted molar refractivity (Wildman–Crippen MR) is 174 cm³/mol. The molecule has 0 N–H and O–H groups in total. The summed E-state index contributed by atoms with van der Waals surface area (Å²) in [6.45, 7) is 11.7. The second kappa shape index (κ2) is 11.5. The van der Waals surface area contributed by atoms with Crippen LogP contribution in [0, 0.1) is 41.5 Å². The summed E-state index contributed by atoms with van der Waals surface area (Å²) < 4.78 is 15.6. The maximum atomic E-state index is 15.6. The molecule has 0 radical (unpaired) electrons. The van der Waals surface area contributed by atoms with Gasteiger partial charge in [0, 0.05) is 38.2 Å². The van der Waals surface area contributed by atoms with E-state index in [1.807, 2.05) is 126 Å². The van der Waals surface area contributed by atoms with Gasteiger partial charge in [-0.05, 0) is 63.8 Å².